The molecule has 1 N–H and O–H groups in total. The number of fused-ring (bicyclic) bond motifs is 1. The van der Waals surface area contributed by atoms with Crippen LogP contribution in [-0.4, -0.2) is 24.7 Å². The van der Waals surface area contributed by atoms with E-state index >= 15 is 0 Å². The highest BCUT2D eigenvalue weighted by atomic mass is 16.5. The molecule has 1 aromatic carbocycles. The maximum atomic E-state index is 5.79. The van der Waals surface area contributed by atoms with E-state index in [4.69, 9.17) is 9.15 Å². The summed E-state index contributed by atoms with van der Waals surface area (Å²) in [6.07, 6.45) is 2.64. The lowest BCUT2D eigenvalue weighted by Crippen LogP contribution is -2.15. The fraction of sp³-hybridized carbons (Fsp3) is 0.417. The van der Waals surface area contributed by atoms with Crippen molar-refractivity contribution in [2.75, 3.05) is 19.7 Å². The van der Waals surface area contributed by atoms with Gasteiger partial charge in [0.15, 0.2) is 17.7 Å². The lowest BCUT2D eigenvalue weighted by atomic mass is 10.1. The molecule has 0 spiro atoms. The molecule has 0 amide bonds. The van der Waals surface area contributed by atoms with Crippen molar-refractivity contribution >= 4 is 11.1 Å². The Bertz CT molecular complexity index is 475. The molecule has 2 aromatic rings. The zero-order valence-electron chi connectivity index (χ0n) is 8.98. The van der Waals surface area contributed by atoms with Crippen molar-refractivity contribution in [1.82, 2.24) is 10.3 Å². The molecule has 1 atom stereocenters. The second-order valence-corrected chi connectivity index (χ2v) is 4.13. The van der Waals surface area contributed by atoms with Crippen LogP contribution in [-0.2, 0) is 0 Å². The zero-order valence-corrected chi connectivity index (χ0v) is 8.98. The van der Waals surface area contributed by atoms with Gasteiger partial charge in [-0.2, -0.15) is 0 Å². The van der Waals surface area contributed by atoms with Crippen LogP contribution in [0.25, 0.3) is 11.1 Å². The number of benzene rings is 1. The Balaban J connectivity index is 1.75. The molecular formula is C12H14N2O2. The third-order valence-corrected chi connectivity index (χ3v) is 2.96. The monoisotopic (exact) mass is 218 g/mol. The smallest absolute Gasteiger partial charge is 0.196 e. The van der Waals surface area contributed by atoms with Crippen LogP contribution in [0.3, 0.4) is 0 Å². The van der Waals surface area contributed by atoms with Crippen molar-refractivity contribution in [3.05, 3.63) is 24.6 Å². The Kier molecular flexibility index (Phi) is 2.50. The van der Waals surface area contributed by atoms with Crippen molar-refractivity contribution in [3.63, 3.8) is 0 Å². The van der Waals surface area contributed by atoms with Crippen molar-refractivity contribution < 1.29 is 9.15 Å². The van der Waals surface area contributed by atoms with Gasteiger partial charge in [0.05, 0.1) is 6.61 Å². The number of aromatic nitrogens is 1. The molecule has 1 unspecified atom stereocenters. The summed E-state index contributed by atoms with van der Waals surface area (Å²) in [6.45, 7) is 2.89. The fourth-order valence-corrected chi connectivity index (χ4v) is 2.04. The first-order valence-electron chi connectivity index (χ1n) is 5.59. The topological polar surface area (TPSA) is 47.3 Å². The summed E-state index contributed by atoms with van der Waals surface area (Å²) in [6, 6.07) is 5.78. The van der Waals surface area contributed by atoms with Gasteiger partial charge >= 0.3 is 0 Å². The van der Waals surface area contributed by atoms with E-state index in [-0.39, 0.29) is 0 Å². The number of oxazole rings is 1. The maximum Gasteiger partial charge on any atom is 0.196 e. The summed E-state index contributed by atoms with van der Waals surface area (Å²) in [4.78, 5) is 4.10. The SMILES string of the molecule is c1cc(OCC2CCNC2)c2ocnc2c1. The highest BCUT2D eigenvalue weighted by Gasteiger charge is 2.16. The molecule has 1 aliphatic heterocycles. The van der Waals surface area contributed by atoms with Gasteiger partial charge in [0.1, 0.15) is 5.52 Å². The largest absolute Gasteiger partial charge is 0.489 e. The van der Waals surface area contributed by atoms with E-state index in [0.717, 1.165) is 36.5 Å². The summed E-state index contributed by atoms with van der Waals surface area (Å²) < 4.78 is 11.1. The average molecular weight is 218 g/mol. The molecule has 16 heavy (non-hydrogen) atoms. The molecule has 4 heteroatoms. The van der Waals surface area contributed by atoms with E-state index < -0.39 is 0 Å². The van der Waals surface area contributed by atoms with Gasteiger partial charge in [0, 0.05) is 12.5 Å². The minimum Gasteiger partial charge on any atom is -0.489 e. The Morgan fingerprint density at radius 3 is 3.38 bits per heavy atom. The lowest BCUT2D eigenvalue weighted by molar-refractivity contribution is 0.260. The van der Waals surface area contributed by atoms with Gasteiger partial charge in [-0.05, 0) is 25.1 Å². The molecule has 0 aliphatic carbocycles. The first kappa shape index (κ1) is 9.66. The summed E-state index contributed by atoms with van der Waals surface area (Å²) in [5.41, 5.74) is 1.59. The maximum absolute atomic E-state index is 5.79. The van der Waals surface area contributed by atoms with Crippen LogP contribution in [0.4, 0.5) is 0 Å². The molecule has 3 rings (SSSR count). The zero-order chi connectivity index (χ0) is 10.8. The summed E-state index contributed by atoms with van der Waals surface area (Å²) in [5, 5.41) is 3.32. The molecule has 0 bridgehead atoms. The van der Waals surface area contributed by atoms with Gasteiger partial charge in [-0.1, -0.05) is 6.07 Å². The molecule has 2 heterocycles. The van der Waals surface area contributed by atoms with E-state index in [9.17, 15) is 0 Å². The van der Waals surface area contributed by atoms with E-state index in [1.807, 2.05) is 18.2 Å². The number of hydrogen-bond acceptors (Lipinski definition) is 4. The number of nitrogens with one attached hydrogen (secondary N) is 1. The van der Waals surface area contributed by atoms with Crippen molar-refractivity contribution in [1.29, 1.82) is 0 Å². The van der Waals surface area contributed by atoms with E-state index in [2.05, 4.69) is 10.3 Å². The summed E-state index contributed by atoms with van der Waals surface area (Å²) >= 11 is 0. The van der Waals surface area contributed by atoms with Gasteiger partial charge < -0.3 is 14.5 Å². The van der Waals surface area contributed by atoms with E-state index in [0.29, 0.717) is 5.92 Å². The normalized spacial score (nSPS) is 20.4. The predicted octanol–water partition coefficient (Wildman–Crippen LogP) is 1.82. The fourth-order valence-electron chi connectivity index (χ4n) is 2.04. The Labute approximate surface area is 93.6 Å². The standard InChI is InChI=1S/C12H14N2O2/c1-2-10-12(16-8-14-10)11(3-1)15-7-9-4-5-13-6-9/h1-3,8-9,13H,4-7H2. The number of nitrogens with zero attached hydrogens (tertiary/aromatic N) is 1. The molecule has 1 aromatic heterocycles. The van der Waals surface area contributed by atoms with E-state index in [1.165, 1.54) is 12.8 Å². The van der Waals surface area contributed by atoms with Crippen LogP contribution >= 0.6 is 0 Å². The summed E-state index contributed by atoms with van der Waals surface area (Å²) in [5.74, 6) is 1.40. The molecule has 1 saturated heterocycles. The van der Waals surface area contributed by atoms with Gasteiger partial charge in [0.2, 0.25) is 0 Å². The van der Waals surface area contributed by atoms with Crippen molar-refractivity contribution in [2.45, 2.75) is 6.42 Å². The quantitative estimate of drug-likeness (QED) is 0.853. The van der Waals surface area contributed by atoms with Crippen LogP contribution in [0.15, 0.2) is 29.0 Å². The van der Waals surface area contributed by atoms with Crippen molar-refractivity contribution in [3.8, 4) is 5.75 Å². The highest BCUT2D eigenvalue weighted by molar-refractivity contribution is 5.78. The Morgan fingerprint density at radius 1 is 1.50 bits per heavy atom. The molecular weight excluding hydrogens is 204 g/mol. The Morgan fingerprint density at radius 2 is 2.50 bits per heavy atom. The van der Waals surface area contributed by atoms with Crippen LogP contribution in [0.2, 0.25) is 0 Å². The first-order valence-corrected chi connectivity index (χ1v) is 5.59. The number of rotatable bonds is 3. The van der Waals surface area contributed by atoms with Crippen LogP contribution < -0.4 is 10.1 Å². The van der Waals surface area contributed by atoms with Crippen molar-refractivity contribution in [2.24, 2.45) is 5.92 Å². The van der Waals surface area contributed by atoms with Crippen LogP contribution in [0, 0.1) is 5.92 Å². The van der Waals surface area contributed by atoms with Crippen LogP contribution in [0.1, 0.15) is 6.42 Å². The van der Waals surface area contributed by atoms with Gasteiger partial charge in [-0.25, -0.2) is 4.98 Å². The average Bonchev–Trinajstić information content (AvgIpc) is 2.97. The third kappa shape index (κ3) is 1.76. The second-order valence-electron chi connectivity index (χ2n) is 4.13. The molecule has 1 fully saturated rings. The number of hydrogen-bond donors (Lipinski definition) is 1. The van der Waals surface area contributed by atoms with Gasteiger partial charge in [0.25, 0.3) is 0 Å². The minimum absolute atomic E-state index is 0.609. The number of ether oxygens (including phenoxy) is 1. The predicted molar refractivity (Wildman–Crippen MR) is 60.5 cm³/mol. The van der Waals surface area contributed by atoms with Gasteiger partial charge in [-0.15, -0.1) is 0 Å². The number of para-hydroxylation sites is 1. The van der Waals surface area contributed by atoms with E-state index in [1.54, 1.807) is 0 Å². The molecule has 1 aliphatic rings. The first-order chi connectivity index (χ1) is 7.93. The Hall–Kier alpha value is -1.55. The molecule has 4 nitrogen and oxygen atoms in total. The lowest BCUT2D eigenvalue weighted by Gasteiger charge is -2.10. The van der Waals surface area contributed by atoms with Crippen LogP contribution in [0.5, 0.6) is 5.75 Å². The highest BCUT2D eigenvalue weighted by Crippen LogP contribution is 2.25. The summed E-state index contributed by atoms with van der Waals surface area (Å²) in [7, 11) is 0. The molecule has 0 saturated carbocycles. The molecule has 0 radical (unpaired) electrons. The minimum atomic E-state index is 0.609. The molecule has 84 valence electrons. The second kappa shape index (κ2) is 4.14. The van der Waals surface area contributed by atoms with Gasteiger partial charge in [-0.3, -0.25) is 0 Å². The third-order valence-electron chi connectivity index (χ3n) is 2.96.